The van der Waals surface area contributed by atoms with Crippen LogP contribution in [0.1, 0.15) is 30.0 Å². The zero-order valence-electron chi connectivity index (χ0n) is 10.4. The molecule has 94 valence electrons. The number of carbonyl (C=O) groups is 1. The minimum Gasteiger partial charge on any atom is -0.466 e. The van der Waals surface area contributed by atoms with Gasteiger partial charge in [-0.25, -0.2) is 0 Å². The van der Waals surface area contributed by atoms with Gasteiger partial charge in [-0.05, 0) is 26.8 Å². The van der Waals surface area contributed by atoms with Crippen LogP contribution in [0.25, 0.3) is 0 Å². The molecule has 2 unspecified atom stereocenters. The van der Waals surface area contributed by atoms with Gasteiger partial charge in [-0.15, -0.1) is 11.8 Å². The molecule has 1 saturated heterocycles. The molecule has 1 amide bonds. The quantitative estimate of drug-likeness (QED) is 0.862. The highest BCUT2D eigenvalue weighted by atomic mass is 32.2. The van der Waals surface area contributed by atoms with E-state index in [-0.39, 0.29) is 18.0 Å². The van der Waals surface area contributed by atoms with Gasteiger partial charge >= 0.3 is 0 Å². The molecule has 5 heteroatoms. The SMILES string of the molecule is Cc1cc(C(C)NC(=O)C2CSCN2)c(C)o1. The van der Waals surface area contributed by atoms with Crippen LogP contribution in [0, 0.1) is 13.8 Å². The highest BCUT2D eigenvalue weighted by Gasteiger charge is 2.24. The van der Waals surface area contributed by atoms with Gasteiger partial charge in [0.25, 0.3) is 0 Å². The normalized spacial score (nSPS) is 21.5. The fourth-order valence-corrected chi connectivity index (χ4v) is 2.98. The van der Waals surface area contributed by atoms with Gasteiger partial charge in [0.15, 0.2) is 0 Å². The molecule has 2 rings (SSSR count). The number of hydrogen-bond acceptors (Lipinski definition) is 4. The summed E-state index contributed by atoms with van der Waals surface area (Å²) in [5.74, 6) is 3.54. The molecule has 1 aliphatic rings. The van der Waals surface area contributed by atoms with Crippen molar-refractivity contribution in [3.63, 3.8) is 0 Å². The molecule has 0 saturated carbocycles. The average Bonchev–Trinajstić information content (AvgIpc) is 2.87. The first-order chi connectivity index (χ1) is 8.08. The molecular weight excluding hydrogens is 236 g/mol. The number of furan rings is 1. The number of thioether (sulfide) groups is 1. The molecule has 0 radical (unpaired) electrons. The van der Waals surface area contributed by atoms with Crippen LogP contribution in [0.3, 0.4) is 0 Å². The highest BCUT2D eigenvalue weighted by Crippen LogP contribution is 2.21. The van der Waals surface area contributed by atoms with Crippen LogP contribution in [0.5, 0.6) is 0 Å². The maximum atomic E-state index is 11.9. The Bertz CT molecular complexity index is 411. The molecule has 17 heavy (non-hydrogen) atoms. The second-order valence-electron chi connectivity index (χ2n) is 4.37. The smallest absolute Gasteiger partial charge is 0.238 e. The van der Waals surface area contributed by atoms with E-state index >= 15 is 0 Å². The number of carbonyl (C=O) groups excluding carboxylic acids is 1. The van der Waals surface area contributed by atoms with Crippen molar-refractivity contribution in [1.82, 2.24) is 10.6 Å². The largest absolute Gasteiger partial charge is 0.466 e. The summed E-state index contributed by atoms with van der Waals surface area (Å²) in [6.07, 6.45) is 0. The third-order valence-electron chi connectivity index (χ3n) is 2.94. The molecule has 2 N–H and O–H groups in total. The molecule has 0 bridgehead atoms. The predicted octanol–water partition coefficient (Wildman–Crippen LogP) is 1.74. The van der Waals surface area contributed by atoms with Crippen molar-refractivity contribution in [2.45, 2.75) is 32.9 Å². The Labute approximate surface area is 106 Å². The molecule has 0 aliphatic carbocycles. The van der Waals surface area contributed by atoms with Gasteiger partial charge in [0.2, 0.25) is 5.91 Å². The molecule has 1 fully saturated rings. The van der Waals surface area contributed by atoms with E-state index in [1.165, 1.54) is 0 Å². The first-order valence-corrected chi connectivity index (χ1v) is 6.92. The van der Waals surface area contributed by atoms with Gasteiger partial charge in [-0.1, -0.05) is 0 Å². The second-order valence-corrected chi connectivity index (χ2v) is 5.40. The van der Waals surface area contributed by atoms with Crippen molar-refractivity contribution in [2.75, 3.05) is 11.6 Å². The van der Waals surface area contributed by atoms with Crippen LogP contribution in [0.2, 0.25) is 0 Å². The van der Waals surface area contributed by atoms with E-state index in [1.807, 2.05) is 26.8 Å². The van der Waals surface area contributed by atoms with E-state index in [0.29, 0.717) is 0 Å². The Morgan fingerprint density at radius 2 is 2.41 bits per heavy atom. The molecule has 1 aliphatic heterocycles. The monoisotopic (exact) mass is 254 g/mol. The summed E-state index contributed by atoms with van der Waals surface area (Å²) in [7, 11) is 0. The van der Waals surface area contributed by atoms with Crippen LogP contribution < -0.4 is 10.6 Å². The molecule has 1 aromatic heterocycles. The van der Waals surface area contributed by atoms with Crippen LogP contribution in [0.15, 0.2) is 10.5 Å². The van der Waals surface area contributed by atoms with E-state index in [0.717, 1.165) is 28.7 Å². The van der Waals surface area contributed by atoms with Crippen LogP contribution >= 0.6 is 11.8 Å². The van der Waals surface area contributed by atoms with Crippen LogP contribution in [0.4, 0.5) is 0 Å². The minimum absolute atomic E-state index is 0.00708. The lowest BCUT2D eigenvalue weighted by Crippen LogP contribution is -2.42. The van der Waals surface area contributed by atoms with Crippen molar-refractivity contribution in [3.8, 4) is 0 Å². The minimum atomic E-state index is -0.0595. The fraction of sp³-hybridized carbons (Fsp3) is 0.583. The number of nitrogens with one attached hydrogen (secondary N) is 2. The lowest BCUT2D eigenvalue weighted by Gasteiger charge is -2.16. The van der Waals surface area contributed by atoms with E-state index < -0.39 is 0 Å². The van der Waals surface area contributed by atoms with Gasteiger partial charge in [0.05, 0.1) is 12.1 Å². The average molecular weight is 254 g/mol. The topological polar surface area (TPSA) is 54.3 Å². The van der Waals surface area contributed by atoms with E-state index in [1.54, 1.807) is 11.8 Å². The standard InChI is InChI=1S/C12H18N2O2S/c1-7-4-10(9(3)16-7)8(2)14-12(15)11-5-17-6-13-11/h4,8,11,13H,5-6H2,1-3H3,(H,14,15). The molecule has 1 aromatic rings. The van der Waals surface area contributed by atoms with Crippen LogP contribution in [-0.4, -0.2) is 23.6 Å². The first kappa shape index (κ1) is 12.5. The summed E-state index contributed by atoms with van der Waals surface area (Å²) in [6, 6.07) is 1.92. The van der Waals surface area contributed by atoms with Crippen LogP contribution in [-0.2, 0) is 4.79 Å². The molecule has 0 aromatic carbocycles. The fourth-order valence-electron chi connectivity index (χ4n) is 2.04. The van der Waals surface area contributed by atoms with E-state index in [9.17, 15) is 4.79 Å². The first-order valence-electron chi connectivity index (χ1n) is 5.76. The van der Waals surface area contributed by atoms with Gasteiger partial charge < -0.3 is 9.73 Å². The van der Waals surface area contributed by atoms with Gasteiger partial charge in [-0.2, -0.15) is 0 Å². The van der Waals surface area contributed by atoms with Gasteiger partial charge in [0.1, 0.15) is 11.5 Å². The number of aryl methyl sites for hydroxylation is 2. The Morgan fingerprint density at radius 3 is 2.94 bits per heavy atom. The Kier molecular flexibility index (Phi) is 3.79. The number of rotatable bonds is 3. The highest BCUT2D eigenvalue weighted by molar-refractivity contribution is 7.99. The zero-order valence-corrected chi connectivity index (χ0v) is 11.2. The van der Waals surface area contributed by atoms with Crippen molar-refractivity contribution in [2.24, 2.45) is 0 Å². The Hall–Kier alpha value is -0.940. The summed E-state index contributed by atoms with van der Waals surface area (Å²) in [6.45, 7) is 5.83. The second kappa shape index (κ2) is 5.14. The molecule has 2 heterocycles. The molecule has 4 nitrogen and oxygen atoms in total. The Morgan fingerprint density at radius 1 is 1.65 bits per heavy atom. The van der Waals surface area contributed by atoms with Crippen molar-refractivity contribution < 1.29 is 9.21 Å². The zero-order chi connectivity index (χ0) is 12.4. The predicted molar refractivity (Wildman–Crippen MR) is 69.0 cm³/mol. The third-order valence-corrected chi connectivity index (χ3v) is 3.88. The lowest BCUT2D eigenvalue weighted by atomic mass is 10.1. The van der Waals surface area contributed by atoms with Crippen molar-refractivity contribution in [3.05, 3.63) is 23.2 Å². The third kappa shape index (κ3) is 2.84. The summed E-state index contributed by atoms with van der Waals surface area (Å²) in [4.78, 5) is 11.9. The summed E-state index contributed by atoms with van der Waals surface area (Å²) >= 11 is 1.75. The Balaban J connectivity index is 1.98. The summed E-state index contributed by atoms with van der Waals surface area (Å²) < 4.78 is 5.47. The maximum Gasteiger partial charge on any atom is 0.238 e. The lowest BCUT2D eigenvalue weighted by molar-refractivity contribution is -0.123. The van der Waals surface area contributed by atoms with E-state index in [2.05, 4.69) is 10.6 Å². The molecule has 0 spiro atoms. The summed E-state index contributed by atoms with van der Waals surface area (Å²) in [5.41, 5.74) is 1.06. The number of amides is 1. The molecule has 2 atom stereocenters. The van der Waals surface area contributed by atoms with E-state index in [4.69, 9.17) is 4.42 Å². The maximum absolute atomic E-state index is 11.9. The van der Waals surface area contributed by atoms with Gasteiger partial charge in [-0.3, -0.25) is 10.1 Å². The van der Waals surface area contributed by atoms with Crippen molar-refractivity contribution >= 4 is 17.7 Å². The summed E-state index contributed by atoms with van der Waals surface area (Å²) in [5, 5.41) is 6.18. The molecular formula is C12H18N2O2S. The van der Waals surface area contributed by atoms with Crippen molar-refractivity contribution in [1.29, 1.82) is 0 Å². The van der Waals surface area contributed by atoms with Gasteiger partial charge in [0, 0.05) is 17.2 Å². The number of hydrogen-bond donors (Lipinski definition) is 2.